The zero-order chi connectivity index (χ0) is 16.4. The van der Waals surface area contributed by atoms with E-state index in [1.54, 1.807) is 6.07 Å². The molecule has 1 unspecified atom stereocenters. The van der Waals surface area contributed by atoms with Crippen molar-refractivity contribution in [3.05, 3.63) is 38.8 Å². The third-order valence-electron chi connectivity index (χ3n) is 3.74. The maximum atomic E-state index is 12.2. The summed E-state index contributed by atoms with van der Waals surface area (Å²) in [5, 5.41) is 9.24. The molecule has 0 spiro atoms. The van der Waals surface area contributed by atoms with Gasteiger partial charge in [-0.25, -0.2) is 0 Å². The molecule has 2 aromatic rings. The van der Waals surface area contributed by atoms with Crippen LogP contribution in [0.25, 0.3) is 0 Å². The molecule has 0 aliphatic carbocycles. The molecule has 2 aromatic heterocycles. The Kier molecular flexibility index (Phi) is 4.81. The van der Waals surface area contributed by atoms with Crippen molar-refractivity contribution in [1.82, 2.24) is 15.1 Å². The second-order valence-electron chi connectivity index (χ2n) is 5.55. The van der Waals surface area contributed by atoms with Gasteiger partial charge in [0.1, 0.15) is 0 Å². The summed E-state index contributed by atoms with van der Waals surface area (Å²) in [4.78, 5) is 24.2. The van der Waals surface area contributed by atoms with Gasteiger partial charge in [-0.3, -0.25) is 14.3 Å². The van der Waals surface area contributed by atoms with Crippen LogP contribution in [-0.2, 0) is 18.3 Å². The number of carbonyl (C=O) groups is 2. The van der Waals surface area contributed by atoms with E-state index in [9.17, 15) is 9.59 Å². The third kappa shape index (κ3) is 3.44. The highest BCUT2D eigenvalue weighted by molar-refractivity contribution is 7.12. The number of rotatable bonds is 5. The predicted octanol–water partition coefficient (Wildman–Crippen LogP) is 2.72. The summed E-state index contributed by atoms with van der Waals surface area (Å²) >= 11 is 1.38. The molecule has 0 saturated carbocycles. The van der Waals surface area contributed by atoms with E-state index in [0.717, 1.165) is 22.5 Å². The second kappa shape index (κ2) is 6.44. The van der Waals surface area contributed by atoms with Crippen molar-refractivity contribution < 1.29 is 9.59 Å². The van der Waals surface area contributed by atoms with E-state index in [4.69, 9.17) is 0 Å². The molecule has 2 rings (SSSR count). The van der Waals surface area contributed by atoms with Crippen LogP contribution < -0.4 is 5.32 Å². The van der Waals surface area contributed by atoms with Crippen molar-refractivity contribution in [3.8, 4) is 0 Å². The summed E-state index contributed by atoms with van der Waals surface area (Å²) in [6, 6.07) is 1.70. The van der Waals surface area contributed by atoms with Gasteiger partial charge in [-0.2, -0.15) is 5.10 Å². The summed E-state index contributed by atoms with van der Waals surface area (Å²) in [5.74, 6) is -0.0188. The summed E-state index contributed by atoms with van der Waals surface area (Å²) < 4.78 is 1.82. The highest BCUT2D eigenvalue weighted by atomic mass is 32.1. The van der Waals surface area contributed by atoms with Crippen molar-refractivity contribution in [2.45, 2.75) is 40.2 Å². The summed E-state index contributed by atoms with van der Waals surface area (Å²) in [6.07, 6.45) is 0.284. The molecule has 0 saturated heterocycles. The number of carbonyl (C=O) groups excluding carboxylic acids is 2. The molecule has 22 heavy (non-hydrogen) atoms. The van der Waals surface area contributed by atoms with Gasteiger partial charge in [0.2, 0.25) is 5.91 Å². The average Bonchev–Trinajstić information content (AvgIpc) is 2.95. The van der Waals surface area contributed by atoms with Crippen LogP contribution in [0, 0.1) is 13.8 Å². The van der Waals surface area contributed by atoms with Gasteiger partial charge in [-0.05, 0) is 44.7 Å². The smallest absolute Gasteiger partial charge is 0.224 e. The molecule has 0 aliphatic heterocycles. The number of aryl methyl sites for hydroxylation is 2. The molecule has 1 atom stereocenters. The number of amides is 1. The normalized spacial score (nSPS) is 12.2. The van der Waals surface area contributed by atoms with Crippen molar-refractivity contribution in [2.24, 2.45) is 7.05 Å². The van der Waals surface area contributed by atoms with E-state index in [1.165, 1.54) is 18.3 Å². The fourth-order valence-corrected chi connectivity index (χ4v) is 3.43. The summed E-state index contributed by atoms with van der Waals surface area (Å²) in [5.41, 5.74) is 3.92. The number of ketones is 1. The van der Waals surface area contributed by atoms with E-state index < -0.39 is 0 Å². The molecule has 1 N–H and O–H groups in total. The Morgan fingerprint density at radius 3 is 2.59 bits per heavy atom. The van der Waals surface area contributed by atoms with E-state index in [0.29, 0.717) is 4.88 Å². The third-order valence-corrected chi connectivity index (χ3v) is 4.82. The maximum absolute atomic E-state index is 12.2. The Labute approximate surface area is 134 Å². The number of hydrogen-bond donors (Lipinski definition) is 1. The highest BCUT2D eigenvalue weighted by Gasteiger charge is 2.18. The Balaban J connectivity index is 2.03. The first-order chi connectivity index (χ1) is 10.3. The number of nitrogens with one attached hydrogen (secondary N) is 1. The van der Waals surface area contributed by atoms with Crippen LogP contribution in [0.5, 0.6) is 0 Å². The zero-order valence-corrected chi connectivity index (χ0v) is 14.4. The SMILES string of the molecule is CC(=O)c1cc(CC(=O)NC(C)c2c(C)nn(C)c2C)cs1. The summed E-state index contributed by atoms with van der Waals surface area (Å²) in [7, 11) is 1.90. The first-order valence-electron chi connectivity index (χ1n) is 7.17. The Bertz CT molecular complexity index is 715. The highest BCUT2D eigenvalue weighted by Crippen LogP contribution is 2.21. The van der Waals surface area contributed by atoms with E-state index in [1.807, 2.05) is 37.9 Å². The number of hydrogen-bond acceptors (Lipinski definition) is 4. The van der Waals surface area contributed by atoms with Gasteiger partial charge in [0, 0.05) is 18.3 Å². The number of nitrogens with zero attached hydrogens (tertiary/aromatic N) is 2. The largest absolute Gasteiger partial charge is 0.349 e. The lowest BCUT2D eigenvalue weighted by atomic mass is 10.1. The Morgan fingerprint density at radius 1 is 1.41 bits per heavy atom. The summed E-state index contributed by atoms with van der Waals surface area (Å²) in [6.45, 7) is 7.44. The van der Waals surface area contributed by atoms with Gasteiger partial charge in [-0.15, -0.1) is 11.3 Å². The van der Waals surface area contributed by atoms with Crippen LogP contribution in [0.15, 0.2) is 11.4 Å². The molecule has 0 aromatic carbocycles. The van der Waals surface area contributed by atoms with Gasteiger partial charge in [0.15, 0.2) is 5.78 Å². The predicted molar refractivity (Wildman–Crippen MR) is 87.3 cm³/mol. The molecule has 0 bridgehead atoms. The zero-order valence-electron chi connectivity index (χ0n) is 13.6. The van der Waals surface area contributed by atoms with Crippen molar-refractivity contribution in [1.29, 1.82) is 0 Å². The lowest BCUT2D eigenvalue weighted by Crippen LogP contribution is -2.28. The number of Topliss-reactive ketones (excluding diaryl/α,β-unsaturated/α-hetero) is 1. The average molecular weight is 319 g/mol. The molecule has 1 amide bonds. The van der Waals surface area contributed by atoms with Crippen LogP contribution in [0.1, 0.15) is 52.1 Å². The van der Waals surface area contributed by atoms with Gasteiger partial charge in [0.25, 0.3) is 0 Å². The molecule has 118 valence electrons. The minimum Gasteiger partial charge on any atom is -0.349 e. The van der Waals surface area contributed by atoms with Crippen LogP contribution in [-0.4, -0.2) is 21.5 Å². The lowest BCUT2D eigenvalue weighted by molar-refractivity contribution is -0.121. The topological polar surface area (TPSA) is 64.0 Å². The van der Waals surface area contributed by atoms with Crippen molar-refractivity contribution >= 4 is 23.0 Å². The number of aromatic nitrogens is 2. The van der Waals surface area contributed by atoms with Crippen LogP contribution in [0.3, 0.4) is 0 Å². The van der Waals surface area contributed by atoms with Crippen LogP contribution >= 0.6 is 11.3 Å². The molecular formula is C16H21N3O2S. The van der Waals surface area contributed by atoms with Gasteiger partial charge >= 0.3 is 0 Å². The standard InChI is InChI=1S/C16H21N3O2S/c1-9(16-10(2)18-19(5)11(16)3)17-15(21)7-13-6-14(12(4)20)22-8-13/h6,8-9H,7H2,1-5H3,(H,17,21). The quantitative estimate of drug-likeness (QED) is 0.862. The lowest BCUT2D eigenvalue weighted by Gasteiger charge is -2.14. The Morgan fingerprint density at radius 2 is 2.09 bits per heavy atom. The fourth-order valence-electron chi connectivity index (χ4n) is 2.62. The maximum Gasteiger partial charge on any atom is 0.224 e. The molecule has 0 radical (unpaired) electrons. The van der Waals surface area contributed by atoms with E-state index in [2.05, 4.69) is 10.4 Å². The molecule has 0 aliphatic rings. The van der Waals surface area contributed by atoms with Gasteiger partial charge < -0.3 is 5.32 Å². The molecule has 5 nitrogen and oxygen atoms in total. The Hall–Kier alpha value is -1.95. The van der Waals surface area contributed by atoms with Crippen LogP contribution in [0.4, 0.5) is 0 Å². The van der Waals surface area contributed by atoms with Crippen molar-refractivity contribution in [2.75, 3.05) is 0 Å². The monoisotopic (exact) mass is 319 g/mol. The minimum atomic E-state index is -0.0906. The van der Waals surface area contributed by atoms with Crippen molar-refractivity contribution in [3.63, 3.8) is 0 Å². The van der Waals surface area contributed by atoms with E-state index in [-0.39, 0.29) is 24.2 Å². The van der Waals surface area contributed by atoms with Gasteiger partial charge in [-0.1, -0.05) is 0 Å². The minimum absolute atomic E-state index is 0.0339. The number of thiophene rings is 1. The fraction of sp³-hybridized carbons (Fsp3) is 0.438. The first-order valence-corrected chi connectivity index (χ1v) is 8.05. The second-order valence-corrected chi connectivity index (χ2v) is 6.46. The molecule has 2 heterocycles. The molecular weight excluding hydrogens is 298 g/mol. The molecule has 0 fully saturated rings. The van der Waals surface area contributed by atoms with Crippen LogP contribution in [0.2, 0.25) is 0 Å². The van der Waals surface area contributed by atoms with E-state index >= 15 is 0 Å². The first kappa shape index (κ1) is 16.4. The van der Waals surface area contributed by atoms with Gasteiger partial charge in [0.05, 0.1) is 23.0 Å². The molecule has 6 heteroatoms.